The molecule has 0 bridgehead atoms. The van der Waals surface area contributed by atoms with Gasteiger partial charge in [-0.2, -0.15) is 0 Å². The number of nitrogens with one attached hydrogen (secondary N) is 1. The number of amides is 1. The van der Waals surface area contributed by atoms with E-state index in [1.54, 1.807) is 6.08 Å². The lowest BCUT2D eigenvalue weighted by Gasteiger charge is -2.19. The fourth-order valence-electron chi connectivity index (χ4n) is 6.50. The molecular weight excluding hydrogens is 602 g/mol. The molecule has 2 unspecified atom stereocenters. The summed E-state index contributed by atoms with van der Waals surface area (Å²) in [5, 5.41) is 22.7. The SMILES string of the molecule is CCCCCCCCCCCCCCCCCCCCCCCC/C=C/CC/C=C/CC/C=C/C(O)C(CO)NC(=O)CCCCCCC. The highest BCUT2D eigenvalue weighted by Gasteiger charge is 2.17. The number of allylic oxidation sites excluding steroid dienone is 5. The van der Waals surface area contributed by atoms with Crippen LogP contribution in [0.3, 0.4) is 0 Å². The Hall–Kier alpha value is -1.39. The number of hydrogen-bond donors (Lipinski definition) is 3. The molecule has 1 amide bonds. The average molecular weight is 688 g/mol. The number of aliphatic hydroxyl groups is 2. The lowest BCUT2D eigenvalue weighted by Crippen LogP contribution is -2.45. The van der Waals surface area contributed by atoms with Crippen LogP contribution in [-0.4, -0.2) is 34.9 Å². The number of carbonyl (C=O) groups excluding carboxylic acids is 1. The van der Waals surface area contributed by atoms with Gasteiger partial charge in [0.2, 0.25) is 5.91 Å². The Morgan fingerprint density at radius 2 is 0.796 bits per heavy atom. The van der Waals surface area contributed by atoms with Crippen molar-refractivity contribution in [2.24, 2.45) is 0 Å². The van der Waals surface area contributed by atoms with Gasteiger partial charge in [0.25, 0.3) is 0 Å². The van der Waals surface area contributed by atoms with E-state index in [1.807, 2.05) is 6.08 Å². The third kappa shape index (κ3) is 37.7. The summed E-state index contributed by atoms with van der Waals surface area (Å²) in [6, 6.07) is -0.639. The lowest BCUT2D eigenvalue weighted by atomic mass is 10.0. The molecule has 0 heterocycles. The van der Waals surface area contributed by atoms with E-state index in [-0.39, 0.29) is 12.5 Å². The first kappa shape index (κ1) is 47.6. The number of carbonyl (C=O) groups is 1. The molecule has 0 aromatic carbocycles. The summed E-state index contributed by atoms with van der Waals surface area (Å²) in [6.07, 6.45) is 54.6. The molecule has 0 fully saturated rings. The Labute approximate surface area is 306 Å². The molecule has 0 aromatic heterocycles. The Balaban J connectivity index is 3.45. The van der Waals surface area contributed by atoms with Gasteiger partial charge >= 0.3 is 0 Å². The van der Waals surface area contributed by atoms with Crippen molar-refractivity contribution >= 4 is 5.91 Å². The first-order chi connectivity index (χ1) is 24.2. The van der Waals surface area contributed by atoms with Crippen LogP contribution in [0, 0.1) is 0 Å². The third-order valence-corrected chi connectivity index (χ3v) is 9.85. The Morgan fingerprint density at radius 3 is 1.18 bits per heavy atom. The van der Waals surface area contributed by atoms with Gasteiger partial charge in [0, 0.05) is 6.42 Å². The molecule has 0 spiro atoms. The topological polar surface area (TPSA) is 69.6 Å². The van der Waals surface area contributed by atoms with Crippen molar-refractivity contribution in [2.75, 3.05) is 6.61 Å². The molecule has 2 atom stereocenters. The van der Waals surface area contributed by atoms with E-state index in [4.69, 9.17) is 0 Å². The largest absolute Gasteiger partial charge is 0.394 e. The smallest absolute Gasteiger partial charge is 0.220 e. The van der Waals surface area contributed by atoms with Gasteiger partial charge in [0.1, 0.15) is 0 Å². The molecule has 4 heteroatoms. The standard InChI is InChI=1S/C45H85NO3/c1-3-5-7-9-10-11-12-13-14-15-16-17-18-19-20-21-22-23-24-25-26-27-28-29-30-31-32-33-34-35-37-38-40-44(48)43(42-47)46-45(49)41-39-36-8-6-4-2/h29-30,33-34,38,40,43-44,47-48H,3-28,31-32,35-37,39,41-42H2,1-2H3,(H,46,49)/b30-29+,34-33+,40-38+. The second-order valence-electron chi connectivity index (χ2n) is 14.8. The first-order valence-electron chi connectivity index (χ1n) is 21.7. The van der Waals surface area contributed by atoms with Crippen molar-refractivity contribution in [3.63, 3.8) is 0 Å². The van der Waals surface area contributed by atoms with E-state index in [1.165, 1.54) is 161 Å². The van der Waals surface area contributed by atoms with Crippen molar-refractivity contribution in [2.45, 2.75) is 238 Å². The van der Waals surface area contributed by atoms with E-state index >= 15 is 0 Å². The van der Waals surface area contributed by atoms with Crippen molar-refractivity contribution in [3.05, 3.63) is 36.5 Å². The highest BCUT2D eigenvalue weighted by atomic mass is 16.3. The minimum atomic E-state index is -0.864. The Morgan fingerprint density at radius 1 is 0.469 bits per heavy atom. The lowest BCUT2D eigenvalue weighted by molar-refractivity contribution is -0.123. The zero-order valence-electron chi connectivity index (χ0n) is 33.0. The van der Waals surface area contributed by atoms with E-state index in [0.717, 1.165) is 44.9 Å². The molecule has 0 radical (unpaired) electrons. The predicted molar refractivity (Wildman–Crippen MR) is 216 cm³/mol. The second kappa shape index (κ2) is 41.0. The van der Waals surface area contributed by atoms with Crippen LogP contribution in [-0.2, 0) is 4.79 Å². The summed E-state index contributed by atoms with van der Waals surface area (Å²) in [6.45, 7) is 4.21. The van der Waals surface area contributed by atoms with Gasteiger partial charge in [0.05, 0.1) is 18.8 Å². The van der Waals surface area contributed by atoms with E-state index in [0.29, 0.717) is 6.42 Å². The monoisotopic (exact) mass is 688 g/mol. The Bertz CT molecular complexity index is 746. The Kier molecular flexibility index (Phi) is 39.9. The fourth-order valence-corrected chi connectivity index (χ4v) is 6.50. The minimum Gasteiger partial charge on any atom is -0.394 e. The summed E-state index contributed by atoms with van der Waals surface area (Å²) in [5.41, 5.74) is 0. The van der Waals surface area contributed by atoms with Crippen LogP contribution in [0.1, 0.15) is 226 Å². The zero-order valence-corrected chi connectivity index (χ0v) is 33.0. The predicted octanol–water partition coefficient (Wildman–Crippen LogP) is 13.4. The second-order valence-corrected chi connectivity index (χ2v) is 14.8. The fraction of sp³-hybridized carbons (Fsp3) is 0.844. The van der Waals surface area contributed by atoms with Gasteiger partial charge in [-0.05, 0) is 44.9 Å². The maximum Gasteiger partial charge on any atom is 0.220 e. The maximum absolute atomic E-state index is 12.1. The van der Waals surface area contributed by atoms with Gasteiger partial charge < -0.3 is 15.5 Å². The van der Waals surface area contributed by atoms with E-state index in [9.17, 15) is 15.0 Å². The highest BCUT2D eigenvalue weighted by Crippen LogP contribution is 2.16. The highest BCUT2D eigenvalue weighted by molar-refractivity contribution is 5.76. The first-order valence-corrected chi connectivity index (χ1v) is 21.7. The molecular formula is C45H85NO3. The number of unbranched alkanes of at least 4 members (excludes halogenated alkanes) is 28. The minimum absolute atomic E-state index is 0.0916. The summed E-state index contributed by atoms with van der Waals surface area (Å²) < 4.78 is 0. The van der Waals surface area contributed by atoms with E-state index < -0.39 is 12.1 Å². The molecule has 0 rings (SSSR count). The molecule has 0 aromatic rings. The van der Waals surface area contributed by atoms with Crippen LogP contribution in [0.5, 0.6) is 0 Å². The zero-order chi connectivity index (χ0) is 35.7. The summed E-state index contributed by atoms with van der Waals surface area (Å²) in [5.74, 6) is -0.0916. The quantitative estimate of drug-likeness (QED) is 0.0445. The molecule has 0 aliphatic heterocycles. The van der Waals surface area contributed by atoms with Gasteiger partial charge in [0.15, 0.2) is 0 Å². The molecule has 0 aliphatic carbocycles. The van der Waals surface area contributed by atoms with Crippen LogP contribution < -0.4 is 5.32 Å². The van der Waals surface area contributed by atoms with Crippen molar-refractivity contribution in [1.82, 2.24) is 5.32 Å². The molecule has 49 heavy (non-hydrogen) atoms. The molecule has 0 aliphatic rings. The molecule has 0 saturated heterocycles. The van der Waals surface area contributed by atoms with Crippen LogP contribution in [0.4, 0.5) is 0 Å². The molecule has 0 saturated carbocycles. The van der Waals surface area contributed by atoms with Crippen LogP contribution >= 0.6 is 0 Å². The van der Waals surface area contributed by atoms with E-state index in [2.05, 4.69) is 43.5 Å². The van der Waals surface area contributed by atoms with Crippen LogP contribution in [0.2, 0.25) is 0 Å². The maximum atomic E-state index is 12.1. The number of aliphatic hydroxyl groups excluding tert-OH is 2. The molecule has 3 N–H and O–H groups in total. The van der Waals surface area contributed by atoms with Crippen molar-refractivity contribution in [3.8, 4) is 0 Å². The summed E-state index contributed by atoms with van der Waals surface area (Å²) >= 11 is 0. The van der Waals surface area contributed by atoms with Crippen LogP contribution in [0.25, 0.3) is 0 Å². The van der Waals surface area contributed by atoms with Crippen molar-refractivity contribution < 1.29 is 15.0 Å². The van der Waals surface area contributed by atoms with Gasteiger partial charge in [-0.1, -0.05) is 211 Å². The van der Waals surface area contributed by atoms with Crippen molar-refractivity contribution in [1.29, 1.82) is 0 Å². The number of rotatable bonds is 39. The third-order valence-electron chi connectivity index (χ3n) is 9.85. The van der Waals surface area contributed by atoms with Crippen LogP contribution in [0.15, 0.2) is 36.5 Å². The average Bonchev–Trinajstić information content (AvgIpc) is 3.10. The molecule has 288 valence electrons. The van der Waals surface area contributed by atoms with Gasteiger partial charge in [-0.3, -0.25) is 4.79 Å². The van der Waals surface area contributed by atoms with Gasteiger partial charge in [-0.25, -0.2) is 0 Å². The van der Waals surface area contributed by atoms with Gasteiger partial charge in [-0.15, -0.1) is 0 Å². The molecule has 4 nitrogen and oxygen atoms in total. The summed E-state index contributed by atoms with van der Waals surface area (Å²) in [4.78, 5) is 12.1. The summed E-state index contributed by atoms with van der Waals surface area (Å²) in [7, 11) is 0. The number of hydrogen-bond acceptors (Lipinski definition) is 3. The normalized spacial score (nSPS) is 13.3.